The van der Waals surface area contributed by atoms with Crippen LogP contribution in [0.3, 0.4) is 0 Å². The first kappa shape index (κ1) is 16.4. The third-order valence-corrected chi connectivity index (χ3v) is 5.79. The molecule has 1 amide bonds. The maximum absolute atomic E-state index is 13.2. The lowest BCUT2D eigenvalue weighted by molar-refractivity contribution is -0.114. The van der Waals surface area contributed by atoms with E-state index in [1.807, 2.05) is 0 Å². The van der Waals surface area contributed by atoms with Crippen LogP contribution in [0.5, 0.6) is 0 Å². The zero-order valence-electron chi connectivity index (χ0n) is 13.4. The lowest BCUT2D eigenvalue weighted by Crippen LogP contribution is -2.53. The number of nitrogens with zero attached hydrogens (tertiary/aromatic N) is 1. The summed E-state index contributed by atoms with van der Waals surface area (Å²) in [6.07, 6.45) is 2.90. The number of halogens is 2. The molecular formula is C19H16BrFN2O2. The van der Waals surface area contributed by atoms with Crippen molar-refractivity contribution in [2.45, 2.75) is 24.8 Å². The highest BCUT2D eigenvalue weighted by molar-refractivity contribution is 9.10. The van der Waals surface area contributed by atoms with Crippen LogP contribution in [-0.2, 0) is 10.3 Å². The van der Waals surface area contributed by atoms with Crippen molar-refractivity contribution in [2.75, 3.05) is 11.6 Å². The molecule has 2 aromatic carbocycles. The van der Waals surface area contributed by atoms with Crippen molar-refractivity contribution in [1.82, 2.24) is 5.32 Å². The minimum absolute atomic E-state index is 0.241. The zero-order chi connectivity index (χ0) is 17.6. The van der Waals surface area contributed by atoms with Crippen LogP contribution in [-0.4, -0.2) is 18.4 Å². The summed E-state index contributed by atoms with van der Waals surface area (Å²) in [6.45, 7) is 0.241. The number of benzene rings is 2. The zero-order valence-corrected chi connectivity index (χ0v) is 15.0. The van der Waals surface area contributed by atoms with Crippen LogP contribution < -0.4 is 10.2 Å². The van der Waals surface area contributed by atoms with E-state index in [-0.39, 0.29) is 18.0 Å². The van der Waals surface area contributed by atoms with E-state index in [9.17, 15) is 14.0 Å². The quantitative estimate of drug-likeness (QED) is 0.792. The maximum Gasteiger partial charge on any atom is 0.300 e. The summed E-state index contributed by atoms with van der Waals surface area (Å²) in [5, 5.41) is 3.44. The lowest BCUT2D eigenvalue weighted by atomic mass is 9.72. The highest BCUT2D eigenvalue weighted by Crippen LogP contribution is 2.42. The Bertz CT molecular complexity index is 862. The van der Waals surface area contributed by atoms with Crippen LogP contribution in [0.1, 0.15) is 35.2 Å². The van der Waals surface area contributed by atoms with Crippen molar-refractivity contribution in [3.05, 3.63) is 63.9 Å². The molecule has 1 heterocycles. The summed E-state index contributed by atoms with van der Waals surface area (Å²) in [5.74, 6) is -1.28. The van der Waals surface area contributed by atoms with Crippen molar-refractivity contribution in [2.24, 2.45) is 0 Å². The Balaban J connectivity index is 1.59. The molecule has 1 saturated carbocycles. The first-order chi connectivity index (χ1) is 12.0. The molecule has 0 saturated heterocycles. The van der Waals surface area contributed by atoms with Gasteiger partial charge in [-0.15, -0.1) is 0 Å². The van der Waals surface area contributed by atoms with Gasteiger partial charge in [-0.05, 0) is 65.0 Å². The van der Waals surface area contributed by atoms with E-state index in [0.717, 1.165) is 24.8 Å². The number of carbonyl (C=O) groups is 2. The number of anilines is 1. The van der Waals surface area contributed by atoms with E-state index in [1.165, 1.54) is 17.0 Å². The Morgan fingerprint density at radius 1 is 1.12 bits per heavy atom. The van der Waals surface area contributed by atoms with Gasteiger partial charge in [-0.2, -0.15) is 0 Å². The molecule has 0 aromatic heterocycles. The lowest BCUT2D eigenvalue weighted by Gasteiger charge is -2.44. The molecule has 6 heteroatoms. The van der Waals surface area contributed by atoms with Gasteiger partial charge in [0.05, 0.1) is 17.9 Å². The molecule has 1 aliphatic heterocycles. The highest BCUT2D eigenvalue weighted by atomic mass is 79.9. The number of hydrogen-bond donors (Lipinski definition) is 1. The molecule has 0 unspecified atom stereocenters. The first-order valence-electron chi connectivity index (χ1n) is 8.18. The molecule has 0 bridgehead atoms. The number of rotatable bonds is 4. The van der Waals surface area contributed by atoms with Gasteiger partial charge < -0.3 is 0 Å². The summed E-state index contributed by atoms with van der Waals surface area (Å²) >= 11 is 3.35. The Morgan fingerprint density at radius 2 is 1.84 bits per heavy atom. The van der Waals surface area contributed by atoms with Gasteiger partial charge in [0.15, 0.2) is 0 Å². The number of amides is 1. The summed E-state index contributed by atoms with van der Waals surface area (Å²) in [5.41, 5.74) is 1.77. The van der Waals surface area contributed by atoms with Gasteiger partial charge >= 0.3 is 5.91 Å². The maximum atomic E-state index is 13.2. The molecule has 1 fully saturated rings. The summed E-state index contributed by atoms with van der Waals surface area (Å²) in [4.78, 5) is 26.1. The van der Waals surface area contributed by atoms with E-state index >= 15 is 0 Å². The Kier molecular flexibility index (Phi) is 3.96. The van der Waals surface area contributed by atoms with E-state index in [0.29, 0.717) is 15.7 Å². The molecule has 128 valence electrons. The first-order valence-corrected chi connectivity index (χ1v) is 8.97. The van der Waals surface area contributed by atoms with Crippen molar-refractivity contribution in [1.29, 1.82) is 0 Å². The van der Waals surface area contributed by atoms with Crippen LogP contribution in [0.15, 0.2) is 46.9 Å². The number of fused-ring (bicyclic) bond motifs is 1. The largest absolute Gasteiger partial charge is 0.300 e. The molecule has 0 spiro atoms. The average Bonchev–Trinajstić information content (AvgIpc) is 2.81. The summed E-state index contributed by atoms with van der Waals surface area (Å²) in [6, 6.07) is 11.8. The van der Waals surface area contributed by atoms with E-state index in [4.69, 9.17) is 0 Å². The molecular weight excluding hydrogens is 387 g/mol. The van der Waals surface area contributed by atoms with E-state index < -0.39 is 11.7 Å². The SMILES string of the molecule is O=C1C(=O)N(CNC2(c3ccc(F)cc3)CCC2)c2cccc(Br)c21. The Labute approximate surface area is 153 Å². The molecule has 25 heavy (non-hydrogen) atoms. The molecule has 2 aromatic rings. The second-order valence-electron chi connectivity index (χ2n) is 6.47. The molecule has 1 aliphatic carbocycles. The molecule has 0 radical (unpaired) electrons. The van der Waals surface area contributed by atoms with Gasteiger partial charge in [0, 0.05) is 10.0 Å². The minimum atomic E-state index is -0.525. The second kappa shape index (κ2) is 6.04. The minimum Gasteiger partial charge on any atom is -0.291 e. The van der Waals surface area contributed by atoms with Gasteiger partial charge in [0.2, 0.25) is 0 Å². The van der Waals surface area contributed by atoms with Gasteiger partial charge in [-0.3, -0.25) is 19.8 Å². The number of Topliss-reactive ketones (excluding diaryl/α,β-unsaturated/α-hetero) is 1. The summed E-state index contributed by atoms with van der Waals surface area (Å²) < 4.78 is 13.8. The topological polar surface area (TPSA) is 49.4 Å². The number of carbonyl (C=O) groups excluding carboxylic acids is 2. The highest BCUT2D eigenvalue weighted by Gasteiger charge is 2.42. The fourth-order valence-electron chi connectivity index (χ4n) is 3.56. The third-order valence-electron chi connectivity index (χ3n) is 5.13. The third kappa shape index (κ3) is 2.60. The average molecular weight is 403 g/mol. The Hall–Kier alpha value is -2.05. The molecule has 4 nitrogen and oxygen atoms in total. The smallest absolute Gasteiger partial charge is 0.291 e. The normalized spacial score (nSPS) is 18.2. The fraction of sp³-hybridized carbons (Fsp3) is 0.263. The monoisotopic (exact) mass is 402 g/mol. The summed E-state index contributed by atoms with van der Waals surface area (Å²) in [7, 11) is 0. The predicted molar refractivity (Wildman–Crippen MR) is 95.9 cm³/mol. The van der Waals surface area contributed by atoms with Gasteiger partial charge in [0.25, 0.3) is 5.78 Å². The number of ketones is 1. The van der Waals surface area contributed by atoms with Crippen LogP contribution in [0.4, 0.5) is 10.1 Å². The van der Waals surface area contributed by atoms with E-state index in [2.05, 4.69) is 21.2 Å². The Morgan fingerprint density at radius 3 is 2.48 bits per heavy atom. The van der Waals surface area contributed by atoms with Crippen LogP contribution in [0, 0.1) is 5.82 Å². The molecule has 4 rings (SSSR count). The van der Waals surface area contributed by atoms with Gasteiger partial charge in [-0.1, -0.05) is 18.2 Å². The van der Waals surface area contributed by atoms with Crippen molar-refractivity contribution in [3.8, 4) is 0 Å². The fourth-order valence-corrected chi connectivity index (χ4v) is 4.09. The van der Waals surface area contributed by atoms with Gasteiger partial charge in [0.1, 0.15) is 5.82 Å². The van der Waals surface area contributed by atoms with Crippen LogP contribution in [0.2, 0.25) is 0 Å². The standard InChI is InChI=1S/C19H16BrFN2O2/c20-14-3-1-4-15-16(14)17(24)18(25)23(15)11-22-19(9-2-10-19)12-5-7-13(21)8-6-12/h1,3-8,22H,2,9-11H2. The molecule has 2 aliphatic rings. The second-order valence-corrected chi connectivity index (χ2v) is 7.33. The molecule has 1 N–H and O–H groups in total. The van der Waals surface area contributed by atoms with Crippen molar-refractivity contribution in [3.63, 3.8) is 0 Å². The van der Waals surface area contributed by atoms with Crippen LogP contribution in [0.25, 0.3) is 0 Å². The predicted octanol–water partition coefficient (Wildman–Crippen LogP) is 3.74. The van der Waals surface area contributed by atoms with Crippen molar-refractivity contribution >= 4 is 33.3 Å². The number of hydrogen-bond acceptors (Lipinski definition) is 3. The van der Waals surface area contributed by atoms with E-state index in [1.54, 1.807) is 30.3 Å². The van der Waals surface area contributed by atoms with Gasteiger partial charge in [-0.25, -0.2) is 4.39 Å². The number of nitrogens with one attached hydrogen (secondary N) is 1. The van der Waals surface area contributed by atoms with Crippen LogP contribution >= 0.6 is 15.9 Å². The molecule has 0 atom stereocenters. The van der Waals surface area contributed by atoms with Crippen molar-refractivity contribution < 1.29 is 14.0 Å².